The van der Waals surface area contributed by atoms with Gasteiger partial charge in [-0.1, -0.05) is 12.1 Å². The average molecular weight is 305 g/mol. The highest BCUT2D eigenvalue weighted by atomic mass is 16.3. The maximum Gasteiger partial charge on any atom is 0.196 e. The van der Waals surface area contributed by atoms with E-state index in [1.807, 2.05) is 0 Å². The van der Waals surface area contributed by atoms with Gasteiger partial charge in [0.2, 0.25) is 0 Å². The van der Waals surface area contributed by atoms with Gasteiger partial charge in [-0.15, -0.1) is 0 Å². The Morgan fingerprint density at radius 2 is 1.30 bits per heavy atom. The summed E-state index contributed by atoms with van der Waals surface area (Å²) >= 11 is 0. The van der Waals surface area contributed by atoms with E-state index in [9.17, 15) is 15.0 Å². The molecule has 0 saturated heterocycles. The zero-order chi connectivity index (χ0) is 16.2. The molecule has 0 heterocycles. The molecule has 3 aromatic carbocycles. The second-order valence-electron chi connectivity index (χ2n) is 5.10. The summed E-state index contributed by atoms with van der Waals surface area (Å²) in [4.78, 5) is 12.4. The molecule has 0 aliphatic rings. The highest BCUT2D eigenvalue weighted by molar-refractivity contribution is 6.10. The van der Waals surface area contributed by atoms with Crippen LogP contribution in [0.1, 0.15) is 15.9 Å². The summed E-state index contributed by atoms with van der Waals surface area (Å²) in [7, 11) is 0. The summed E-state index contributed by atoms with van der Waals surface area (Å²) in [6, 6.07) is 20.2. The molecule has 0 amide bonds. The van der Waals surface area contributed by atoms with Crippen molar-refractivity contribution in [2.45, 2.75) is 0 Å². The number of aromatic hydroxyl groups is 2. The van der Waals surface area contributed by atoms with Crippen LogP contribution >= 0.6 is 0 Å². The van der Waals surface area contributed by atoms with Crippen LogP contribution in [-0.4, -0.2) is 16.0 Å². The fourth-order valence-electron chi connectivity index (χ4n) is 2.24. The molecule has 0 radical (unpaired) electrons. The Morgan fingerprint density at radius 3 is 1.91 bits per heavy atom. The van der Waals surface area contributed by atoms with Crippen molar-refractivity contribution >= 4 is 17.2 Å². The molecule has 0 fully saturated rings. The molecule has 3 rings (SSSR count). The van der Waals surface area contributed by atoms with Gasteiger partial charge in [-0.3, -0.25) is 4.79 Å². The number of carbonyl (C=O) groups is 1. The maximum atomic E-state index is 12.4. The molecule has 0 saturated carbocycles. The number of hydrogen-bond donors (Lipinski definition) is 3. The average Bonchev–Trinajstić information content (AvgIpc) is 2.57. The van der Waals surface area contributed by atoms with Gasteiger partial charge in [0.25, 0.3) is 0 Å². The van der Waals surface area contributed by atoms with Crippen LogP contribution in [0, 0.1) is 0 Å². The SMILES string of the molecule is O=C(c1ccc(Nc2ccc(O)cc2)cc1)c1ccccc1O. The standard InChI is InChI=1S/C19H15NO3/c21-16-11-9-15(10-12-16)20-14-7-5-13(6-8-14)19(23)17-3-1-2-4-18(17)22/h1-12,20-22H. The highest BCUT2D eigenvalue weighted by Gasteiger charge is 2.12. The van der Waals surface area contributed by atoms with E-state index >= 15 is 0 Å². The van der Waals surface area contributed by atoms with Crippen LogP contribution in [0.15, 0.2) is 72.8 Å². The molecule has 0 spiro atoms. The van der Waals surface area contributed by atoms with Gasteiger partial charge in [0.15, 0.2) is 5.78 Å². The van der Waals surface area contributed by atoms with Crippen molar-refractivity contribution < 1.29 is 15.0 Å². The summed E-state index contributed by atoms with van der Waals surface area (Å²) in [5, 5.41) is 22.2. The molecular weight excluding hydrogens is 290 g/mol. The molecular formula is C19H15NO3. The Hall–Kier alpha value is -3.27. The van der Waals surface area contributed by atoms with Crippen LogP contribution in [0.25, 0.3) is 0 Å². The molecule has 0 atom stereocenters. The highest BCUT2D eigenvalue weighted by Crippen LogP contribution is 2.23. The summed E-state index contributed by atoms with van der Waals surface area (Å²) in [5.41, 5.74) is 2.45. The topological polar surface area (TPSA) is 69.6 Å². The molecule has 114 valence electrons. The smallest absolute Gasteiger partial charge is 0.196 e. The first-order valence-electron chi connectivity index (χ1n) is 7.12. The molecule has 0 aliphatic carbocycles. The second-order valence-corrected chi connectivity index (χ2v) is 5.10. The Balaban J connectivity index is 1.78. The van der Waals surface area contributed by atoms with E-state index in [2.05, 4.69) is 5.32 Å². The minimum atomic E-state index is -0.223. The number of nitrogens with one attached hydrogen (secondary N) is 1. The minimum absolute atomic E-state index is 0.0243. The lowest BCUT2D eigenvalue weighted by molar-refractivity contribution is 0.103. The van der Waals surface area contributed by atoms with Gasteiger partial charge in [-0.2, -0.15) is 0 Å². The van der Waals surface area contributed by atoms with E-state index in [-0.39, 0.29) is 22.8 Å². The van der Waals surface area contributed by atoms with Gasteiger partial charge in [-0.25, -0.2) is 0 Å². The molecule has 0 unspecified atom stereocenters. The Morgan fingerprint density at radius 1 is 0.739 bits per heavy atom. The Labute approximate surface area is 133 Å². The number of phenolic OH excluding ortho intramolecular Hbond substituents is 2. The third-order valence-electron chi connectivity index (χ3n) is 3.45. The van der Waals surface area contributed by atoms with Gasteiger partial charge in [0, 0.05) is 16.9 Å². The molecule has 0 aromatic heterocycles. The molecule has 3 N–H and O–H groups in total. The van der Waals surface area contributed by atoms with Crippen LogP contribution in [0.4, 0.5) is 11.4 Å². The third-order valence-corrected chi connectivity index (χ3v) is 3.45. The monoisotopic (exact) mass is 305 g/mol. The number of carbonyl (C=O) groups excluding carboxylic acids is 1. The van der Waals surface area contributed by atoms with E-state index in [0.717, 1.165) is 11.4 Å². The van der Waals surface area contributed by atoms with Crippen molar-refractivity contribution in [3.63, 3.8) is 0 Å². The van der Waals surface area contributed by atoms with Gasteiger partial charge in [0.1, 0.15) is 11.5 Å². The number of hydrogen-bond acceptors (Lipinski definition) is 4. The predicted molar refractivity (Wildman–Crippen MR) is 89.4 cm³/mol. The first-order chi connectivity index (χ1) is 11.1. The molecule has 4 nitrogen and oxygen atoms in total. The van der Waals surface area contributed by atoms with Crippen LogP contribution < -0.4 is 5.32 Å². The largest absolute Gasteiger partial charge is 0.508 e. The second kappa shape index (κ2) is 6.23. The molecule has 3 aromatic rings. The van der Waals surface area contributed by atoms with Crippen molar-refractivity contribution in [3.05, 3.63) is 83.9 Å². The molecule has 0 aliphatic heterocycles. The predicted octanol–water partition coefficient (Wildman–Crippen LogP) is 4.07. The first-order valence-corrected chi connectivity index (χ1v) is 7.12. The number of anilines is 2. The van der Waals surface area contributed by atoms with E-state index in [4.69, 9.17) is 0 Å². The lowest BCUT2D eigenvalue weighted by Crippen LogP contribution is -2.01. The Kier molecular flexibility index (Phi) is 3.97. The van der Waals surface area contributed by atoms with Crippen molar-refractivity contribution in [1.29, 1.82) is 0 Å². The lowest BCUT2D eigenvalue weighted by Gasteiger charge is -2.08. The summed E-state index contributed by atoms with van der Waals surface area (Å²) in [5.74, 6) is -0.0396. The van der Waals surface area contributed by atoms with Crippen LogP contribution in [0.2, 0.25) is 0 Å². The van der Waals surface area contributed by atoms with Crippen molar-refractivity contribution in [1.82, 2.24) is 0 Å². The van der Waals surface area contributed by atoms with E-state index in [1.165, 1.54) is 6.07 Å². The normalized spacial score (nSPS) is 10.3. The van der Waals surface area contributed by atoms with Crippen LogP contribution in [-0.2, 0) is 0 Å². The first kappa shape index (κ1) is 14.7. The van der Waals surface area contributed by atoms with Gasteiger partial charge >= 0.3 is 0 Å². The minimum Gasteiger partial charge on any atom is -0.508 e. The zero-order valence-electron chi connectivity index (χ0n) is 12.2. The quantitative estimate of drug-likeness (QED) is 0.502. The van der Waals surface area contributed by atoms with Crippen molar-refractivity contribution in [3.8, 4) is 11.5 Å². The molecule has 0 bridgehead atoms. The maximum absolute atomic E-state index is 12.4. The van der Waals surface area contributed by atoms with Gasteiger partial charge in [0.05, 0.1) is 5.56 Å². The van der Waals surface area contributed by atoms with E-state index in [1.54, 1.807) is 66.7 Å². The number of ketones is 1. The Bertz CT molecular complexity index is 824. The van der Waals surface area contributed by atoms with E-state index in [0.29, 0.717) is 5.56 Å². The van der Waals surface area contributed by atoms with Crippen molar-refractivity contribution in [2.24, 2.45) is 0 Å². The number of benzene rings is 3. The lowest BCUT2D eigenvalue weighted by atomic mass is 10.0. The van der Waals surface area contributed by atoms with Crippen LogP contribution in [0.3, 0.4) is 0 Å². The third kappa shape index (κ3) is 3.32. The van der Waals surface area contributed by atoms with Gasteiger partial charge < -0.3 is 15.5 Å². The van der Waals surface area contributed by atoms with E-state index < -0.39 is 0 Å². The fourth-order valence-corrected chi connectivity index (χ4v) is 2.24. The van der Waals surface area contributed by atoms with Gasteiger partial charge in [-0.05, 0) is 60.7 Å². The fraction of sp³-hybridized carbons (Fsp3) is 0. The zero-order valence-corrected chi connectivity index (χ0v) is 12.2. The summed E-state index contributed by atoms with van der Waals surface area (Å²) < 4.78 is 0. The number of phenols is 2. The summed E-state index contributed by atoms with van der Waals surface area (Å²) in [6.45, 7) is 0. The molecule has 4 heteroatoms. The number of para-hydroxylation sites is 1. The molecule has 23 heavy (non-hydrogen) atoms. The van der Waals surface area contributed by atoms with Crippen molar-refractivity contribution in [2.75, 3.05) is 5.32 Å². The van der Waals surface area contributed by atoms with Crippen LogP contribution in [0.5, 0.6) is 11.5 Å². The number of rotatable bonds is 4. The summed E-state index contributed by atoms with van der Waals surface area (Å²) in [6.07, 6.45) is 0.